The van der Waals surface area contributed by atoms with E-state index in [0.717, 1.165) is 18.3 Å². The van der Waals surface area contributed by atoms with Crippen molar-refractivity contribution in [2.24, 2.45) is 0 Å². The first-order chi connectivity index (χ1) is 9.74. The van der Waals surface area contributed by atoms with Crippen molar-refractivity contribution in [3.63, 3.8) is 0 Å². The largest absolute Gasteiger partial charge is 0.386 e. The zero-order chi connectivity index (χ0) is 15.7. The van der Waals surface area contributed by atoms with Crippen molar-refractivity contribution in [1.29, 1.82) is 0 Å². The van der Waals surface area contributed by atoms with E-state index in [1.165, 1.54) is 0 Å². The second-order valence-electron chi connectivity index (χ2n) is 4.80. The Hall–Kier alpha value is -1.62. The molecular weight excluding hydrogens is 302 g/mol. The van der Waals surface area contributed by atoms with E-state index in [1.807, 2.05) is 0 Å². The lowest BCUT2D eigenvalue weighted by atomic mass is 9.97. The minimum atomic E-state index is -3.90. The minimum Gasteiger partial charge on any atom is -0.386 e. The number of aliphatic hydroxyl groups is 1. The number of pyridine rings is 1. The predicted octanol–water partition coefficient (Wildman–Crippen LogP) is -0.192. The lowest BCUT2D eigenvalue weighted by molar-refractivity contribution is -0.389. The highest BCUT2D eigenvalue weighted by Gasteiger charge is 2.40. The molecule has 2 N–H and O–H groups in total. The summed E-state index contributed by atoms with van der Waals surface area (Å²) in [5.41, 5.74) is -1.26. The van der Waals surface area contributed by atoms with Crippen molar-refractivity contribution in [2.45, 2.75) is 29.9 Å². The van der Waals surface area contributed by atoms with Crippen molar-refractivity contribution in [3.8, 4) is 0 Å². The maximum atomic E-state index is 12.0. The standard InChI is InChI=1S/C11H15N3O6S/c1-8-11(15,4-5-20-8)7-13-21(18,19)9-2-3-10(12-6-9)14(16)17/h2-3,6,8,13,15H,4-5,7H2,1H3. The molecule has 2 atom stereocenters. The molecule has 1 aliphatic rings. The lowest BCUT2D eigenvalue weighted by Gasteiger charge is -2.25. The Balaban J connectivity index is 2.10. The smallest absolute Gasteiger partial charge is 0.363 e. The van der Waals surface area contributed by atoms with Gasteiger partial charge in [-0.05, 0) is 22.9 Å². The molecule has 2 rings (SSSR count). The molecule has 9 nitrogen and oxygen atoms in total. The van der Waals surface area contributed by atoms with Crippen LogP contribution < -0.4 is 4.72 Å². The zero-order valence-electron chi connectivity index (χ0n) is 11.2. The lowest BCUT2D eigenvalue weighted by Crippen LogP contribution is -2.47. The van der Waals surface area contributed by atoms with E-state index in [2.05, 4.69) is 9.71 Å². The van der Waals surface area contributed by atoms with Gasteiger partial charge in [-0.15, -0.1) is 0 Å². The van der Waals surface area contributed by atoms with Crippen molar-refractivity contribution in [1.82, 2.24) is 9.71 Å². The molecular formula is C11H15N3O6S. The van der Waals surface area contributed by atoms with Gasteiger partial charge in [-0.2, -0.15) is 0 Å². The van der Waals surface area contributed by atoms with Crippen LogP contribution in [0.2, 0.25) is 0 Å². The molecule has 0 radical (unpaired) electrons. The molecule has 1 aromatic heterocycles. The molecule has 2 heterocycles. The quantitative estimate of drug-likeness (QED) is 0.568. The topological polar surface area (TPSA) is 132 Å². The van der Waals surface area contributed by atoms with Gasteiger partial charge in [0.15, 0.2) is 6.20 Å². The second kappa shape index (κ2) is 5.64. The van der Waals surface area contributed by atoms with Gasteiger partial charge < -0.3 is 20.0 Å². The van der Waals surface area contributed by atoms with Gasteiger partial charge >= 0.3 is 5.82 Å². The summed E-state index contributed by atoms with van der Waals surface area (Å²) in [4.78, 5) is 13.0. The number of nitrogens with one attached hydrogen (secondary N) is 1. The first kappa shape index (κ1) is 15.8. The van der Waals surface area contributed by atoms with Crippen LogP contribution in [-0.2, 0) is 14.8 Å². The molecule has 0 spiro atoms. The van der Waals surface area contributed by atoms with Gasteiger partial charge in [0.1, 0.15) is 10.5 Å². The summed E-state index contributed by atoms with van der Waals surface area (Å²) in [7, 11) is -3.90. The van der Waals surface area contributed by atoms with Gasteiger partial charge in [-0.25, -0.2) is 13.1 Å². The number of nitro groups is 1. The highest BCUT2D eigenvalue weighted by molar-refractivity contribution is 7.89. The molecule has 0 saturated carbocycles. The van der Waals surface area contributed by atoms with E-state index < -0.39 is 32.5 Å². The fourth-order valence-electron chi connectivity index (χ4n) is 1.95. The maximum absolute atomic E-state index is 12.0. The Morgan fingerprint density at radius 2 is 2.33 bits per heavy atom. The highest BCUT2D eigenvalue weighted by Crippen LogP contribution is 2.25. The molecule has 0 aromatic carbocycles. The van der Waals surface area contributed by atoms with Crippen molar-refractivity contribution in [3.05, 3.63) is 28.4 Å². The molecule has 1 aromatic rings. The van der Waals surface area contributed by atoms with E-state index in [1.54, 1.807) is 6.92 Å². The molecule has 116 valence electrons. The van der Waals surface area contributed by atoms with Crippen LogP contribution >= 0.6 is 0 Å². The van der Waals surface area contributed by atoms with Gasteiger partial charge in [0.25, 0.3) is 0 Å². The van der Waals surface area contributed by atoms with E-state index in [4.69, 9.17) is 4.74 Å². The Labute approximate surface area is 121 Å². The third kappa shape index (κ3) is 3.35. The second-order valence-corrected chi connectivity index (χ2v) is 6.57. The number of hydrogen-bond acceptors (Lipinski definition) is 7. The van der Waals surface area contributed by atoms with Crippen LogP contribution in [0.5, 0.6) is 0 Å². The molecule has 1 aliphatic heterocycles. The first-order valence-corrected chi connectivity index (χ1v) is 7.67. The van der Waals surface area contributed by atoms with Crippen molar-refractivity contribution >= 4 is 15.8 Å². The van der Waals surface area contributed by atoms with E-state index in [9.17, 15) is 23.6 Å². The molecule has 0 amide bonds. The summed E-state index contributed by atoms with van der Waals surface area (Å²) in [6, 6.07) is 2.09. The third-order valence-electron chi connectivity index (χ3n) is 3.45. The number of ether oxygens (including phenoxy) is 1. The van der Waals surface area contributed by atoms with Gasteiger partial charge in [0.05, 0.1) is 6.10 Å². The minimum absolute atomic E-state index is 0.201. The van der Waals surface area contributed by atoms with Crippen molar-refractivity contribution < 1.29 is 23.2 Å². The number of sulfonamides is 1. The summed E-state index contributed by atoms with van der Waals surface area (Å²) in [5.74, 6) is -0.439. The monoisotopic (exact) mass is 317 g/mol. The number of aromatic nitrogens is 1. The molecule has 1 saturated heterocycles. The van der Waals surface area contributed by atoms with Crippen LogP contribution in [0.15, 0.2) is 23.2 Å². The maximum Gasteiger partial charge on any atom is 0.363 e. The van der Waals surface area contributed by atoms with Gasteiger partial charge in [0.2, 0.25) is 10.0 Å². The van der Waals surface area contributed by atoms with Crippen LogP contribution in [-0.4, -0.2) is 48.3 Å². The van der Waals surface area contributed by atoms with E-state index in [0.29, 0.717) is 13.0 Å². The summed E-state index contributed by atoms with van der Waals surface area (Å²) < 4.78 is 31.6. The first-order valence-electron chi connectivity index (χ1n) is 6.19. The number of rotatable bonds is 5. The summed E-state index contributed by atoms with van der Waals surface area (Å²) >= 11 is 0. The Morgan fingerprint density at radius 3 is 2.81 bits per heavy atom. The molecule has 2 unspecified atom stereocenters. The van der Waals surface area contributed by atoms with Crippen LogP contribution in [0, 0.1) is 10.1 Å². The average Bonchev–Trinajstić information content (AvgIpc) is 2.77. The Morgan fingerprint density at radius 1 is 1.62 bits per heavy atom. The number of hydrogen-bond donors (Lipinski definition) is 2. The fraction of sp³-hybridized carbons (Fsp3) is 0.545. The van der Waals surface area contributed by atoms with Gasteiger partial charge in [0, 0.05) is 25.6 Å². The molecule has 21 heavy (non-hydrogen) atoms. The van der Waals surface area contributed by atoms with E-state index >= 15 is 0 Å². The molecule has 10 heteroatoms. The third-order valence-corrected chi connectivity index (χ3v) is 4.83. The van der Waals surface area contributed by atoms with Crippen LogP contribution in [0.3, 0.4) is 0 Å². The number of nitrogens with zero attached hydrogens (tertiary/aromatic N) is 2. The van der Waals surface area contributed by atoms with Crippen LogP contribution in [0.4, 0.5) is 5.82 Å². The van der Waals surface area contributed by atoms with Crippen LogP contribution in [0.25, 0.3) is 0 Å². The summed E-state index contributed by atoms with van der Waals surface area (Å²) in [5, 5.41) is 20.7. The fourth-order valence-corrected chi connectivity index (χ4v) is 2.99. The molecule has 1 fully saturated rings. The molecule has 0 aliphatic carbocycles. The van der Waals surface area contributed by atoms with E-state index in [-0.39, 0.29) is 11.4 Å². The normalized spacial score (nSPS) is 25.9. The van der Waals surface area contributed by atoms with Gasteiger partial charge in [-0.3, -0.25) is 0 Å². The summed E-state index contributed by atoms with van der Waals surface area (Å²) in [6.45, 7) is 1.82. The Bertz CT molecular complexity index is 632. The Kier molecular flexibility index (Phi) is 4.23. The zero-order valence-corrected chi connectivity index (χ0v) is 12.0. The predicted molar refractivity (Wildman–Crippen MR) is 71.1 cm³/mol. The SMILES string of the molecule is CC1OCCC1(O)CNS(=O)(=O)c1ccc([N+](=O)[O-])nc1. The average molecular weight is 317 g/mol. The van der Waals surface area contributed by atoms with Gasteiger partial charge in [-0.1, -0.05) is 0 Å². The summed E-state index contributed by atoms with van der Waals surface area (Å²) in [6.07, 6.45) is 0.754. The van der Waals surface area contributed by atoms with Crippen LogP contribution in [0.1, 0.15) is 13.3 Å². The van der Waals surface area contributed by atoms with Crippen molar-refractivity contribution in [2.75, 3.05) is 13.2 Å². The molecule has 0 bridgehead atoms. The highest BCUT2D eigenvalue weighted by atomic mass is 32.2.